The van der Waals surface area contributed by atoms with Crippen molar-refractivity contribution in [3.8, 4) is 0 Å². The van der Waals surface area contributed by atoms with Crippen LogP contribution < -0.4 is 5.73 Å². The Labute approximate surface area is 104 Å². The highest BCUT2D eigenvalue weighted by atomic mass is 15.2. The Morgan fingerprint density at radius 1 is 1.35 bits per heavy atom. The summed E-state index contributed by atoms with van der Waals surface area (Å²) in [5, 5.41) is 0. The number of nitrogens with two attached hydrogens (primary N) is 1. The second-order valence-electron chi connectivity index (χ2n) is 4.85. The molecule has 1 aliphatic heterocycles. The minimum absolute atomic E-state index is 0.533. The first-order chi connectivity index (χ1) is 8.33. The summed E-state index contributed by atoms with van der Waals surface area (Å²) in [5.41, 5.74) is 7.78. The lowest BCUT2D eigenvalue weighted by molar-refractivity contribution is 0.134. The van der Waals surface area contributed by atoms with Crippen LogP contribution in [0.3, 0.4) is 0 Å². The van der Waals surface area contributed by atoms with Crippen molar-refractivity contribution in [3.05, 3.63) is 29.6 Å². The van der Waals surface area contributed by atoms with Gasteiger partial charge >= 0.3 is 0 Å². The standard InChI is InChI=1S/C14H23N3/c1-2-14-8-3-4-9-17(14)11-13-7-5-6-12(10-15)16-13/h5-7,14H,2-4,8-11,15H2,1H3. The van der Waals surface area contributed by atoms with Crippen molar-refractivity contribution in [1.82, 2.24) is 9.88 Å². The summed E-state index contributed by atoms with van der Waals surface area (Å²) < 4.78 is 0. The minimum atomic E-state index is 0.533. The van der Waals surface area contributed by atoms with Gasteiger partial charge in [0.05, 0.1) is 11.4 Å². The van der Waals surface area contributed by atoms with Crippen LogP contribution in [0.5, 0.6) is 0 Å². The first-order valence-corrected chi connectivity index (χ1v) is 6.72. The fourth-order valence-electron chi connectivity index (χ4n) is 2.67. The summed E-state index contributed by atoms with van der Waals surface area (Å²) in [4.78, 5) is 7.16. The summed E-state index contributed by atoms with van der Waals surface area (Å²) in [6.45, 7) is 5.01. The Bertz CT molecular complexity index is 351. The third kappa shape index (κ3) is 3.27. The molecule has 1 aliphatic rings. The van der Waals surface area contributed by atoms with Crippen LogP contribution in [-0.2, 0) is 13.1 Å². The van der Waals surface area contributed by atoms with E-state index in [0.29, 0.717) is 6.54 Å². The van der Waals surface area contributed by atoms with E-state index >= 15 is 0 Å². The Hall–Kier alpha value is -0.930. The van der Waals surface area contributed by atoms with Gasteiger partial charge < -0.3 is 5.73 Å². The molecule has 0 spiro atoms. The van der Waals surface area contributed by atoms with Crippen molar-refractivity contribution in [2.45, 2.75) is 51.7 Å². The van der Waals surface area contributed by atoms with E-state index < -0.39 is 0 Å². The average molecular weight is 233 g/mol. The number of aromatic nitrogens is 1. The Morgan fingerprint density at radius 3 is 2.94 bits per heavy atom. The van der Waals surface area contributed by atoms with Gasteiger partial charge in [0.1, 0.15) is 0 Å². The molecule has 3 heteroatoms. The molecule has 2 rings (SSSR count). The quantitative estimate of drug-likeness (QED) is 0.867. The molecule has 1 unspecified atom stereocenters. The normalized spacial score (nSPS) is 21.6. The van der Waals surface area contributed by atoms with Gasteiger partial charge in [-0.3, -0.25) is 9.88 Å². The third-order valence-electron chi connectivity index (χ3n) is 3.66. The largest absolute Gasteiger partial charge is 0.325 e. The maximum atomic E-state index is 5.63. The summed E-state index contributed by atoms with van der Waals surface area (Å²) in [7, 11) is 0. The molecule has 1 atom stereocenters. The van der Waals surface area contributed by atoms with E-state index in [-0.39, 0.29) is 0 Å². The maximum absolute atomic E-state index is 5.63. The predicted molar refractivity (Wildman–Crippen MR) is 70.5 cm³/mol. The number of nitrogens with zero attached hydrogens (tertiary/aromatic N) is 2. The van der Waals surface area contributed by atoms with E-state index in [1.165, 1.54) is 32.2 Å². The van der Waals surface area contributed by atoms with E-state index in [1.54, 1.807) is 0 Å². The molecule has 1 fully saturated rings. The van der Waals surface area contributed by atoms with Crippen LogP contribution in [0.1, 0.15) is 44.0 Å². The van der Waals surface area contributed by atoms with Gasteiger partial charge in [-0.25, -0.2) is 0 Å². The lowest BCUT2D eigenvalue weighted by Crippen LogP contribution is -2.38. The molecule has 94 valence electrons. The minimum Gasteiger partial charge on any atom is -0.325 e. The van der Waals surface area contributed by atoms with Crippen molar-refractivity contribution in [2.24, 2.45) is 5.73 Å². The molecular weight excluding hydrogens is 210 g/mol. The maximum Gasteiger partial charge on any atom is 0.0547 e. The second kappa shape index (κ2) is 6.12. The van der Waals surface area contributed by atoms with Gasteiger partial charge in [0, 0.05) is 19.1 Å². The Balaban J connectivity index is 2.02. The number of rotatable bonds is 4. The van der Waals surface area contributed by atoms with E-state index in [2.05, 4.69) is 28.9 Å². The molecule has 3 nitrogen and oxygen atoms in total. The highest BCUT2D eigenvalue weighted by Crippen LogP contribution is 2.21. The van der Waals surface area contributed by atoms with E-state index in [4.69, 9.17) is 5.73 Å². The van der Waals surface area contributed by atoms with Gasteiger partial charge in [0.25, 0.3) is 0 Å². The number of pyridine rings is 1. The zero-order valence-electron chi connectivity index (χ0n) is 10.7. The Kier molecular flexibility index (Phi) is 4.51. The molecule has 1 aromatic rings. The first kappa shape index (κ1) is 12.5. The molecule has 0 bridgehead atoms. The van der Waals surface area contributed by atoms with Crippen LogP contribution in [0.15, 0.2) is 18.2 Å². The zero-order valence-corrected chi connectivity index (χ0v) is 10.7. The SMILES string of the molecule is CCC1CCCCN1Cc1cccc(CN)n1. The van der Waals surface area contributed by atoms with Gasteiger partial charge in [-0.1, -0.05) is 19.4 Å². The lowest BCUT2D eigenvalue weighted by Gasteiger charge is -2.34. The van der Waals surface area contributed by atoms with Crippen LogP contribution in [0.2, 0.25) is 0 Å². The molecule has 2 heterocycles. The number of likely N-dealkylation sites (tertiary alicyclic amines) is 1. The van der Waals surface area contributed by atoms with Crippen LogP contribution in [-0.4, -0.2) is 22.5 Å². The zero-order chi connectivity index (χ0) is 12.1. The van der Waals surface area contributed by atoms with Crippen molar-refractivity contribution in [1.29, 1.82) is 0 Å². The van der Waals surface area contributed by atoms with Crippen LogP contribution in [0, 0.1) is 0 Å². The average Bonchev–Trinajstić information content (AvgIpc) is 2.39. The predicted octanol–water partition coefficient (Wildman–Crippen LogP) is 2.30. The molecule has 0 aromatic carbocycles. The smallest absolute Gasteiger partial charge is 0.0547 e. The van der Waals surface area contributed by atoms with Crippen LogP contribution in [0.25, 0.3) is 0 Å². The molecule has 0 aliphatic carbocycles. The van der Waals surface area contributed by atoms with Gasteiger partial charge in [0.15, 0.2) is 0 Å². The van der Waals surface area contributed by atoms with Crippen molar-refractivity contribution in [3.63, 3.8) is 0 Å². The van der Waals surface area contributed by atoms with Gasteiger partial charge in [0.2, 0.25) is 0 Å². The molecule has 17 heavy (non-hydrogen) atoms. The van der Waals surface area contributed by atoms with E-state index in [1.807, 2.05) is 6.07 Å². The molecule has 0 amide bonds. The fraction of sp³-hybridized carbons (Fsp3) is 0.643. The molecule has 2 N–H and O–H groups in total. The molecule has 0 radical (unpaired) electrons. The van der Waals surface area contributed by atoms with Crippen LogP contribution in [0.4, 0.5) is 0 Å². The molecule has 1 saturated heterocycles. The number of hydrogen-bond acceptors (Lipinski definition) is 3. The highest BCUT2D eigenvalue weighted by molar-refractivity contribution is 5.11. The van der Waals surface area contributed by atoms with Gasteiger partial charge in [-0.2, -0.15) is 0 Å². The highest BCUT2D eigenvalue weighted by Gasteiger charge is 2.20. The van der Waals surface area contributed by atoms with Crippen molar-refractivity contribution >= 4 is 0 Å². The van der Waals surface area contributed by atoms with E-state index in [9.17, 15) is 0 Å². The molecule has 1 aromatic heterocycles. The second-order valence-corrected chi connectivity index (χ2v) is 4.85. The Morgan fingerprint density at radius 2 is 2.18 bits per heavy atom. The number of hydrogen-bond donors (Lipinski definition) is 1. The molecular formula is C14H23N3. The van der Waals surface area contributed by atoms with Crippen LogP contribution >= 0.6 is 0 Å². The van der Waals surface area contributed by atoms with Crippen molar-refractivity contribution in [2.75, 3.05) is 6.54 Å². The lowest BCUT2D eigenvalue weighted by atomic mass is 10.00. The van der Waals surface area contributed by atoms with Gasteiger partial charge in [-0.05, 0) is 37.9 Å². The summed E-state index contributed by atoms with van der Waals surface area (Å²) in [6, 6.07) is 6.92. The van der Waals surface area contributed by atoms with Crippen molar-refractivity contribution < 1.29 is 0 Å². The summed E-state index contributed by atoms with van der Waals surface area (Å²) in [5.74, 6) is 0. The topological polar surface area (TPSA) is 42.1 Å². The molecule has 0 saturated carbocycles. The summed E-state index contributed by atoms with van der Waals surface area (Å²) >= 11 is 0. The monoisotopic (exact) mass is 233 g/mol. The van der Waals surface area contributed by atoms with Gasteiger partial charge in [-0.15, -0.1) is 0 Å². The first-order valence-electron chi connectivity index (χ1n) is 6.72. The fourth-order valence-corrected chi connectivity index (χ4v) is 2.67. The number of piperidine rings is 1. The van der Waals surface area contributed by atoms with E-state index in [0.717, 1.165) is 24.0 Å². The third-order valence-corrected chi connectivity index (χ3v) is 3.66. The summed E-state index contributed by atoms with van der Waals surface area (Å²) in [6.07, 6.45) is 5.29.